The zero-order chi connectivity index (χ0) is 20.5. The summed E-state index contributed by atoms with van der Waals surface area (Å²) in [4.78, 5) is 23.4. The fourth-order valence-corrected chi connectivity index (χ4v) is 3.79. The number of aromatic nitrogens is 4. The Hall–Kier alpha value is -3.49. The summed E-state index contributed by atoms with van der Waals surface area (Å²) in [6.07, 6.45) is 6.27. The molecule has 1 amide bonds. The van der Waals surface area contributed by atoms with Crippen LogP contribution in [0.15, 0.2) is 35.0 Å². The van der Waals surface area contributed by atoms with Crippen LogP contribution in [0.5, 0.6) is 11.5 Å². The molecule has 5 rings (SSSR count). The van der Waals surface area contributed by atoms with Gasteiger partial charge in [-0.3, -0.25) is 9.78 Å². The third-order valence-corrected chi connectivity index (χ3v) is 5.34. The van der Waals surface area contributed by atoms with Crippen LogP contribution < -0.4 is 9.47 Å². The molecule has 2 aromatic heterocycles. The summed E-state index contributed by atoms with van der Waals surface area (Å²) in [5.41, 5.74) is 2.22. The lowest BCUT2D eigenvalue weighted by Gasteiger charge is -2.33. The Morgan fingerprint density at radius 2 is 2.03 bits per heavy atom. The molecule has 9 heteroatoms. The molecular weight excluding hydrogens is 386 g/mol. The molecule has 9 nitrogen and oxygen atoms in total. The van der Waals surface area contributed by atoms with Gasteiger partial charge in [0.1, 0.15) is 11.7 Å². The Kier molecular flexibility index (Phi) is 4.78. The zero-order valence-electron chi connectivity index (χ0n) is 16.6. The summed E-state index contributed by atoms with van der Waals surface area (Å²) < 4.78 is 16.6. The van der Waals surface area contributed by atoms with Crippen LogP contribution in [0.3, 0.4) is 0 Å². The molecule has 2 aliphatic heterocycles. The number of amides is 1. The van der Waals surface area contributed by atoms with Gasteiger partial charge in [0.2, 0.25) is 18.6 Å². The molecule has 2 aliphatic rings. The predicted molar refractivity (Wildman–Crippen MR) is 105 cm³/mol. The number of likely N-dealkylation sites (tertiary alicyclic amines) is 1. The van der Waals surface area contributed by atoms with Crippen molar-refractivity contribution in [2.75, 3.05) is 13.3 Å². The molecule has 0 aliphatic carbocycles. The maximum absolute atomic E-state index is 13.1. The largest absolute Gasteiger partial charge is 0.454 e. The quantitative estimate of drug-likeness (QED) is 0.650. The summed E-state index contributed by atoms with van der Waals surface area (Å²) in [6.45, 7) is 2.74. The number of nitrogens with zero attached hydrogens (tertiary/aromatic N) is 5. The van der Waals surface area contributed by atoms with Crippen molar-refractivity contribution in [1.82, 2.24) is 25.1 Å². The molecule has 1 atom stereocenters. The van der Waals surface area contributed by atoms with Crippen molar-refractivity contribution >= 4 is 5.91 Å². The Morgan fingerprint density at radius 3 is 2.90 bits per heavy atom. The lowest BCUT2D eigenvalue weighted by atomic mass is 10.0. The van der Waals surface area contributed by atoms with Crippen LogP contribution in [0.1, 0.15) is 42.5 Å². The molecule has 1 fully saturated rings. The Labute approximate surface area is 173 Å². The van der Waals surface area contributed by atoms with Crippen molar-refractivity contribution in [1.29, 1.82) is 0 Å². The molecule has 0 saturated carbocycles. The standard InChI is InChI=1S/C21H21N5O4/c1-13-10-23-15(11-22-13)20-24-25-21(30-20)16-4-2-3-7-26(16)19(27)9-14-5-6-17-18(8-14)29-12-28-17/h5-6,8,10-11,16H,2-4,7,9,12H2,1H3. The zero-order valence-corrected chi connectivity index (χ0v) is 16.6. The van der Waals surface area contributed by atoms with E-state index in [1.54, 1.807) is 12.4 Å². The lowest BCUT2D eigenvalue weighted by Crippen LogP contribution is -2.39. The number of piperidine rings is 1. The number of rotatable bonds is 4. The fraction of sp³-hybridized carbons (Fsp3) is 0.381. The molecule has 0 spiro atoms. The van der Waals surface area contributed by atoms with Crippen LogP contribution in [0, 0.1) is 6.92 Å². The normalized spacial score (nSPS) is 17.9. The second kappa shape index (κ2) is 7.74. The monoisotopic (exact) mass is 407 g/mol. The maximum Gasteiger partial charge on any atom is 0.267 e. The van der Waals surface area contributed by atoms with E-state index in [0.717, 1.165) is 30.5 Å². The topological polar surface area (TPSA) is 103 Å². The van der Waals surface area contributed by atoms with Crippen LogP contribution in [0.4, 0.5) is 0 Å². The van der Waals surface area contributed by atoms with E-state index in [4.69, 9.17) is 13.9 Å². The van der Waals surface area contributed by atoms with E-state index in [0.29, 0.717) is 35.5 Å². The first-order valence-corrected chi connectivity index (χ1v) is 9.98. The number of hydrogen-bond donors (Lipinski definition) is 0. The Bertz CT molecular complexity index is 1070. The van der Waals surface area contributed by atoms with Gasteiger partial charge in [0.25, 0.3) is 5.89 Å². The smallest absolute Gasteiger partial charge is 0.267 e. The fourth-order valence-electron chi connectivity index (χ4n) is 3.79. The van der Waals surface area contributed by atoms with Gasteiger partial charge in [-0.15, -0.1) is 10.2 Å². The SMILES string of the molecule is Cc1cnc(-c2nnc(C3CCCCN3C(=O)Cc3ccc4c(c3)OCO4)o2)cn1. The predicted octanol–water partition coefficient (Wildman–Crippen LogP) is 2.86. The van der Waals surface area contributed by atoms with Crippen molar-refractivity contribution in [2.45, 2.75) is 38.6 Å². The number of carbonyl (C=O) groups excluding carboxylic acids is 1. The Morgan fingerprint density at radius 1 is 1.13 bits per heavy atom. The highest BCUT2D eigenvalue weighted by molar-refractivity contribution is 5.79. The molecule has 0 radical (unpaired) electrons. The van der Waals surface area contributed by atoms with Gasteiger partial charge < -0.3 is 18.8 Å². The van der Waals surface area contributed by atoms with Crippen LogP contribution >= 0.6 is 0 Å². The van der Waals surface area contributed by atoms with Crippen molar-refractivity contribution in [3.63, 3.8) is 0 Å². The highest BCUT2D eigenvalue weighted by Gasteiger charge is 2.32. The van der Waals surface area contributed by atoms with Crippen molar-refractivity contribution < 1.29 is 18.7 Å². The van der Waals surface area contributed by atoms with Crippen LogP contribution in [-0.4, -0.2) is 44.3 Å². The van der Waals surface area contributed by atoms with Gasteiger partial charge in [-0.05, 0) is 43.9 Å². The molecule has 4 heterocycles. The number of fused-ring (bicyclic) bond motifs is 1. The first-order chi connectivity index (χ1) is 14.7. The molecule has 154 valence electrons. The number of carbonyl (C=O) groups is 1. The minimum atomic E-state index is -0.236. The molecular formula is C21H21N5O4. The van der Waals surface area contributed by atoms with Gasteiger partial charge in [-0.25, -0.2) is 4.98 Å². The molecule has 3 aromatic rings. The minimum Gasteiger partial charge on any atom is -0.454 e. The lowest BCUT2D eigenvalue weighted by molar-refractivity contribution is -0.134. The molecule has 0 bridgehead atoms. The first-order valence-electron chi connectivity index (χ1n) is 9.98. The van der Waals surface area contributed by atoms with Crippen molar-refractivity contribution in [3.8, 4) is 23.1 Å². The van der Waals surface area contributed by atoms with Gasteiger partial charge in [0, 0.05) is 12.7 Å². The van der Waals surface area contributed by atoms with E-state index >= 15 is 0 Å². The molecule has 1 aromatic carbocycles. The van der Waals surface area contributed by atoms with Crippen molar-refractivity contribution in [3.05, 3.63) is 47.7 Å². The second-order valence-corrected chi connectivity index (χ2v) is 7.45. The van der Waals surface area contributed by atoms with Crippen molar-refractivity contribution in [2.24, 2.45) is 0 Å². The second-order valence-electron chi connectivity index (χ2n) is 7.45. The molecule has 1 unspecified atom stereocenters. The molecule has 0 N–H and O–H groups in total. The Balaban J connectivity index is 1.34. The van der Waals surface area contributed by atoms with Crippen LogP contribution in [-0.2, 0) is 11.2 Å². The summed E-state index contributed by atoms with van der Waals surface area (Å²) in [7, 11) is 0. The minimum absolute atomic E-state index is 0.0217. The van der Waals surface area contributed by atoms with Gasteiger partial charge in [-0.1, -0.05) is 6.07 Å². The van der Waals surface area contributed by atoms with E-state index in [1.165, 1.54) is 0 Å². The summed E-state index contributed by atoms with van der Waals surface area (Å²) >= 11 is 0. The van der Waals surface area contributed by atoms with Gasteiger partial charge in [0.15, 0.2) is 11.5 Å². The third-order valence-electron chi connectivity index (χ3n) is 5.34. The number of aryl methyl sites for hydroxylation is 1. The van der Waals surface area contributed by atoms with Gasteiger partial charge >= 0.3 is 0 Å². The van der Waals surface area contributed by atoms with E-state index < -0.39 is 0 Å². The maximum atomic E-state index is 13.1. The highest BCUT2D eigenvalue weighted by Crippen LogP contribution is 2.34. The van der Waals surface area contributed by atoms with Crippen LogP contribution in [0.25, 0.3) is 11.6 Å². The number of ether oxygens (including phenoxy) is 2. The van der Waals surface area contributed by atoms with E-state index in [2.05, 4.69) is 20.2 Å². The van der Waals surface area contributed by atoms with Crippen LogP contribution in [0.2, 0.25) is 0 Å². The average molecular weight is 407 g/mol. The number of benzene rings is 1. The summed E-state index contributed by atoms with van der Waals surface area (Å²) in [5.74, 6) is 2.15. The van der Waals surface area contributed by atoms with Gasteiger partial charge in [-0.2, -0.15) is 0 Å². The first kappa shape index (κ1) is 18.5. The third kappa shape index (κ3) is 3.58. The van der Waals surface area contributed by atoms with Gasteiger partial charge in [0.05, 0.1) is 18.3 Å². The van der Waals surface area contributed by atoms with E-state index in [-0.39, 0.29) is 25.2 Å². The summed E-state index contributed by atoms with van der Waals surface area (Å²) in [6, 6.07) is 5.36. The average Bonchev–Trinajstić information content (AvgIpc) is 3.44. The summed E-state index contributed by atoms with van der Waals surface area (Å²) in [5, 5.41) is 8.33. The molecule has 30 heavy (non-hydrogen) atoms. The highest BCUT2D eigenvalue weighted by atomic mass is 16.7. The van der Waals surface area contributed by atoms with E-state index in [9.17, 15) is 4.79 Å². The molecule has 1 saturated heterocycles. The van der Waals surface area contributed by atoms with E-state index in [1.807, 2.05) is 30.0 Å². The number of hydrogen-bond acceptors (Lipinski definition) is 8.